The molecular weight excluding hydrogens is 293 g/mol. The molecule has 2 rings (SSSR count). The highest BCUT2D eigenvalue weighted by Gasteiger charge is 2.20. The number of halogens is 1. The molecular formula is C15H16FNO3S. The van der Waals surface area contributed by atoms with E-state index in [1.807, 2.05) is 0 Å². The molecule has 2 aromatic rings. The van der Waals surface area contributed by atoms with Gasteiger partial charge in [0.05, 0.1) is 12.0 Å². The van der Waals surface area contributed by atoms with Crippen molar-refractivity contribution in [3.8, 4) is 5.75 Å². The molecule has 112 valence electrons. The van der Waals surface area contributed by atoms with Crippen LogP contribution in [0.15, 0.2) is 41.3 Å². The number of aryl methyl sites for hydroxylation is 2. The van der Waals surface area contributed by atoms with E-state index in [9.17, 15) is 12.8 Å². The molecule has 0 radical (unpaired) electrons. The zero-order valence-electron chi connectivity index (χ0n) is 12.0. The Labute approximate surface area is 123 Å². The Hall–Kier alpha value is -2.08. The summed E-state index contributed by atoms with van der Waals surface area (Å²) in [5, 5.41) is 0. The van der Waals surface area contributed by atoms with E-state index in [4.69, 9.17) is 4.74 Å². The Kier molecular flexibility index (Phi) is 4.18. The Morgan fingerprint density at radius 2 is 1.57 bits per heavy atom. The number of hydrogen-bond donors (Lipinski definition) is 1. The van der Waals surface area contributed by atoms with Gasteiger partial charge in [-0.15, -0.1) is 0 Å². The molecule has 0 heterocycles. The van der Waals surface area contributed by atoms with Crippen molar-refractivity contribution in [3.63, 3.8) is 0 Å². The first-order chi connectivity index (χ1) is 9.83. The van der Waals surface area contributed by atoms with Crippen molar-refractivity contribution in [1.29, 1.82) is 0 Å². The number of hydrogen-bond acceptors (Lipinski definition) is 3. The lowest BCUT2D eigenvalue weighted by molar-refractivity contribution is 0.413. The van der Waals surface area contributed by atoms with Crippen molar-refractivity contribution >= 4 is 15.7 Å². The summed E-state index contributed by atoms with van der Waals surface area (Å²) >= 11 is 0. The molecule has 0 saturated carbocycles. The minimum atomic E-state index is -3.74. The van der Waals surface area contributed by atoms with Crippen molar-refractivity contribution in [2.24, 2.45) is 0 Å². The quantitative estimate of drug-likeness (QED) is 0.943. The Morgan fingerprint density at radius 1 is 1.05 bits per heavy atom. The van der Waals surface area contributed by atoms with Gasteiger partial charge < -0.3 is 4.74 Å². The molecule has 4 nitrogen and oxygen atoms in total. The van der Waals surface area contributed by atoms with E-state index < -0.39 is 15.8 Å². The Bertz CT molecular complexity index is 732. The lowest BCUT2D eigenvalue weighted by atomic mass is 10.1. The van der Waals surface area contributed by atoms with Gasteiger partial charge >= 0.3 is 0 Å². The van der Waals surface area contributed by atoms with Gasteiger partial charge in [0.25, 0.3) is 10.0 Å². The number of ether oxygens (including phenoxy) is 1. The van der Waals surface area contributed by atoms with Crippen LogP contribution in [0.25, 0.3) is 0 Å². The number of methoxy groups -OCH3 is 1. The standard InChI is InChI=1S/C15H16FNO3S/c1-10-8-14(20-3)9-11(2)15(10)21(18,19)17-13-6-4-12(16)5-7-13/h4-9,17H,1-3H3. The molecule has 0 atom stereocenters. The molecule has 21 heavy (non-hydrogen) atoms. The number of nitrogens with one attached hydrogen (secondary N) is 1. The molecule has 0 spiro atoms. The smallest absolute Gasteiger partial charge is 0.262 e. The van der Waals surface area contributed by atoms with Crippen molar-refractivity contribution in [1.82, 2.24) is 0 Å². The number of anilines is 1. The summed E-state index contributed by atoms with van der Waals surface area (Å²) < 4.78 is 45.4. The molecule has 0 unspecified atom stereocenters. The third kappa shape index (κ3) is 3.33. The van der Waals surface area contributed by atoms with Crippen LogP contribution in [0.5, 0.6) is 5.75 Å². The van der Waals surface area contributed by atoms with Crippen molar-refractivity contribution < 1.29 is 17.5 Å². The molecule has 0 aliphatic rings. The van der Waals surface area contributed by atoms with Crippen LogP contribution >= 0.6 is 0 Å². The SMILES string of the molecule is COc1cc(C)c(S(=O)(=O)Nc2ccc(F)cc2)c(C)c1. The van der Waals surface area contributed by atoms with Crippen LogP contribution in [0.1, 0.15) is 11.1 Å². The van der Waals surface area contributed by atoms with Crippen molar-refractivity contribution in [2.75, 3.05) is 11.8 Å². The molecule has 6 heteroatoms. The number of benzene rings is 2. The van der Waals surface area contributed by atoms with E-state index in [1.54, 1.807) is 26.0 Å². The van der Waals surface area contributed by atoms with Crippen LogP contribution in [0.3, 0.4) is 0 Å². The highest BCUT2D eigenvalue weighted by atomic mass is 32.2. The van der Waals surface area contributed by atoms with Crippen LogP contribution in [0.2, 0.25) is 0 Å². The fourth-order valence-electron chi connectivity index (χ4n) is 2.18. The van der Waals surface area contributed by atoms with E-state index in [1.165, 1.54) is 31.4 Å². The van der Waals surface area contributed by atoms with Gasteiger partial charge in [-0.25, -0.2) is 12.8 Å². The maximum atomic E-state index is 12.9. The van der Waals surface area contributed by atoms with E-state index in [0.717, 1.165) is 0 Å². The second-order valence-electron chi connectivity index (χ2n) is 4.70. The van der Waals surface area contributed by atoms with Crippen LogP contribution in [0, 0.1) is 19.7 Å². The lowest BCUT2D eigenvalue weighted by Gasteiger charge is -2.14. The van der Waals surface area contributed by atoms with Gasteiger partial charge in [-0.2, -0.15) is 0 Å². The first kappa shape index (κ1) is 15.3. The van der Waals surface area contributed by atoms with E-state index in [0.29, 0.717) is 22.6 Å². The normalized spacial score (nSPS) is 11.2. The minimum Gasteiger partial charge on any atom is -0.497 e. The van der Waals surface area contributed by atoms with Gasteiger partial charge in [-0.3, -0.25) is 4.72 Å². The second kappa shape index (κ2) is 5.73. The minimum absolute atomic E-state index is 0.202. The van der Waals surface area contributed by atoms with Crippen molar-refractivity contribution in [3.05, 3.63) is 53.3 Å². The van der Waals surface area contributed by atoms with E-state index in [2.05, 4.69) is 4.72 Å². The number of sulfonamides is 1. The summed E-state index contributed by atoms with van der Waals surface area (Å²) in [6.45, 7) is 3.41. The molecule has 0 aromatic heterocycles. The third-order valence-corrected chi connectivity index (χ3v) is 4.72. The summed E-state index contributed by atoms with van der Waals surface area (Å²) in [6.07, 6.45) is 0. The fourth-order valence-corrected chi connectivity index (χ4v) is 3.69. The zero-order valence-corrected chi connectivity index (χ0v) is 12.8. The molecule has 0 bridgehead atoms. The summed E-state index contributed by atoms with van der Waals surface area (Å²) in [5.41, 5.74) is 1.48. The van der Waals surface area contributed by atoms with Gasteiger partial charge in [0.15, 0.2) is 0 Å². The van der Waals surface area contributed by atoms with Crippen LogP contribution in [-0.2, 0) is 10.0 Å². The Morgan fingerprint density at radius 3 is 2.05 bits per heavy atom. The molecule has 0 aliphatic carbocycles. The molecule has 1 N–H and O–H groups in total. The van der Waals surface area contributed by atoms with Gasteiger partial charge in [-0.05, 0) is 61.4 Å². The molecule has 0 aliphatic heterocycles. The lowest BCUT2D eigenvalue weighted by Crippen LogP contribution is -2.15. The largest absolute Gasteiger partial charge is 0.497 e. The highest BCUT2D eigenvalue weighted by molar-refractivity contribution is 7.92. The average molecular weight is 309 g/mol. The van der Waals surface area contributed by atoms with Crippen LogP contribution in [0.4, 0.5) is 10.1 Å². The van der Waals surface area contributed by atoms with E-state index in [-0.39, 0.29) is 4.90 Å². The summed E-state index contributed by atoms with van der Waals surface area (Å²) in [6, 6.07) is 8.47. The Balaban J connectivity index is 2.42. The predicted octanol–water partition coefficient (Wildman–Crippen LogP) is 3.25. The van der Waals surface area contributed by atoms with Gasteiger partial charge in [-0.1, -0.05) is 0 Å². The average Bonchev–Trinajstić information content (AvgIpc) is 2.39. The summed E-state index contributed by atoms with van der Waals surface area (Å²) in [4.78, 5) is 0.202. The van der Waals surface area contributed by atoms with E-state index >= 15 is 0 Å². The predicted molar refractivity (Wildman–Crippen MR) is 79.7 cm³/mol. The summed E-state index contributed by atoms with van der Waals surface area (Å²) in [5.74, 6) is 0.181. The maximum absolute atomic E-state index is 12.9. The first-order valence-corrected chi connectivity index (χ1v) is 7.75. The first-order valence-electron chi connectivity index (χ1n) is 6.27. The fraction of sp³-hybridized carbons (Fsp3) is 0.200. The molecule has 0 saturated heterocycles. The maximum Gasteiger partial charge on any atom is 0.262 e. The zero-order chi connectivity index (χ0) is 15.6. The van der Waals surface area contributed by atoms with Crippen molar-refractivity contribution in [2.45, 2.75) is 18.7 Å². The number of rotatable bonds is 4. The van der Waals surface area contributed by atoms with Gasteiger partial charge in [0, 0.05) is 5.69 Å². The van der Waals surface area contributed by atoms with Crippen LogP contribution in [-0.4, -0.2) is 15.5 Å². The van der Waals surface area contributed by atoms with Gasteiger partial charge in [0.1, 0.15) is 11.6 Å². The molecule has 2 aromatic carbocycles. The second-order valence-corrected chi connectivity index (χ2v) is 6.32. The van der Waals surface area contributed by atoms with Crippen LogP contribution < -0.4 is 9.46 Å². The molecule has 0 amide bonds. The molecule has 0 fully saturated rings. The topological polar surface area (TPSA) is 55.4 Å². The van der Waals surface area contributed by atoms with Gasteiger partial charge in [0.2, 0.25) is 0 Å². The summed E-state index contributed by atoms with van der Waals surface area (Å²) in [7, 11) is -2.21. The monoisotopic (exact) mass is 309 g/mol. The third-order valence-electron chi connectivity index (χ3n) is 3.03. The highest BCUT2D eigenvalue weighted by Crippen LogP contribution is 2.27.